The van der Waals surface area contributed by atoms with Crippen LogP contribution >= 0.6 is 34.9 Å². The van der Waals surface area contributed by atoms with Crippen LogP contribution in [0, 0.1) is 0 Å². The van der Waals surface area contributed by atoms with Gasteiger partial charge in [-0.1, -0.05) is 12.1 Å². The summed E-state index contributed by atoms with van der Waals surface area (Å²) in [7, 11) is 0. The van der Waals surface area contributed by atoms with E-state index in [0.717, 1.165) is 32.4 Å². The van der Waals surface area contributed by atoms with Crippen molar-refractivity contribution in [3.8, 4) is 32.4 Å². The molecular weight excluding hydrogens is 527 g/mol. The number of thiocarbonyl (C=S) groups is 1. The van der Waals surface area contributed by atoms with E-state index < -0.39 is 0 Å². The Morgan fingerprint density at radius 3 is 2.22 bits per heavy atom. The smallest absolute Gasteiger partial charge is 0.255 e. The van der Waals surface area contributed by atoms with Gasteiger partial charge in [-0.15, -0.1) is 22.7 Å². The van der Waals surface area contributed by atoms with Gasteiger partial charge in [-0.3, -0.25) is 15.2 Å². The third kappa shape index (κ3) is 6.27. The molecule has 8 nitrogen and oxygen atoms in total. The Kier molecular flexibility index (Phi) is 8.74. The number of thiophene rings is 2. The zero-order valence-corrected chi connectivity index (χ0v) is 22.8. The summed E-state index contributed by atoms with van der Waals surface area (Å²) in [6, 6.07) is 16.7. The summed E-state index contributed by atoms with van der Waals surface area (Å²) in [4.78, 5) is 13.3. The molecule has 2 aromatic heterocycles. The van der Waals surface area contributed by atoms with Crippen LogP contribution < -0.4 is 36.9 Å². The van der Waals surface area contributed by atoms with E-state index in [1.165, 1.54) is 16.3 Å². The van der Waals surface area contributed by atoms with Crippen LogP contribution in [0.15, 0.2) is 65.4 Å². The van der Waals surface area contributed by atoms with Crippen molar-refractivity contribution in [3.63, 3.8) is 0 Å². The Labute approximate surface area is 228 Å². The first-order chi connectivity index (χ1) is 17.9. The molecule has 37 heavy (non-hydrogen) atoms. The monoisotopic (exact) mass is 553 g/mol. The molecule has 0 aliphatic heterocycles. The Morgan fingerprint density at radius 2 is 1.59 bits per heavy atom. The van der Waals surface area contributed by atoms with Gasteiger partial charge in [-0.25, -0.2) is 11.7 Å². The average Bonchev–Trinajstić information content (AvgIpc) is 3.58. The van der Waals surface area contributed by atoms with Crippen molar-refractivity contribution in [1.82, 2.24) is 5.43 Å². The summed E-state index contributed by atoms with van der Waals surface area (Å²) in [5.41, 5.74) is 7.92. The van der Waals surface area contributed by atoms with Gasteiger partial charge in [0.25, 0.3) is 5.91 Å². The largest absolute Gasteiger partial charge is 0.484 e. The van der Waals surface area contributed by atoms with Gasteiger partial charge >= 0.3 is 0 Å². The molecule has 1 amide bonds. The highest BCUT2D eigenvalue weighted by atomic mass is 32.1. The van der Waals surface area contributed by atoms with Crippen LogP contribution in [-0.4, -0.2) is 24.2 Å². The first-order valence-electron chi connectivity index (χ1n) is 11.5. The van der Waals surface area contributed by atoms with Crippen LogP contribution in [0.25, 0.3) is 22.3 Å². The van der Waals surface area contributed by atoms with E-state index in [-0.39, 0.29) is 11.0 Å². The standard InChI is InChI=1S/C26H27N5O3S3/c1-3-33-23-11-17(14-36-23)21-9-8-16(10-22(21)18-12-24(34-4-2)37-15-18)25(32)29-19-6-5-7-20(13-19)31(28)26(35)30-27/h5-15H,3-4,27-28H2,1-2H3,(H,29,32)(H,30,35). The molecule has 2 aromatic carbocycles. The quantitative estimate of drug-likeness (QED) is 0.120. The van der Waals surface area contributed by atoms with Crippen LogP contribution in [0.3, 0.4) is 0 Å². The van der Waals surface area contributed by atoms with Crippen molar-refractivity contribution in [1.29, 1.82) is 0 Å². The predicted octanol–water partition coefficient (Wildman–Crippen LogP) is 5.62. The van der Waals surface area contributed by atoms with Gasteiger partial charge in [-0.05, 0) is 90.8 Å². The van der Waals surface area contributed by atoms with Gasteiger partial charge in [0.15, 0.2) is 10.1 Å². The molecule has 4 aromatic rings. The highest BCUT2D eigenvalue weighted by Gasteiger charge is 2.16. The molecule has 0 aliphatic carbocycles. The molecule has 0 unspecified atom stereocenters. The Balaban J connectivity index is 1.66. The molecular formula is C26H27N5O3S3. The molecule has 0 saturated carbocycles. The number of rotatable bonds is 9. The molecule has 0 saturated heterocycles. The van der Waals surface area contributed by atoms with E-state index >= 15 is 0 Å². The summed E-state index contributed by atoms with van der Waals surface area (Å²) in [6.45, 7) is 5.10. The van der Waals surface area contributed by atoms with Gasteiger partial charge in [-0.2, -0.15) is 0 Å². The zero-order chi connectivity index (χ0) is 26.4. The summed E-state index contributed by atoms with van der Waals surface area (Å²) in [6.07, 6.45) is 0. The minimum Gasteiger partial charge on any atom is -0.484 e. The number of benzene rings is 2. The molecule has 6 N–H and O–H groups in total. The van der Waals surface area contributed by atoms with E-state index in [0.29, 0.717) is 30.2 Å². The number of carbonyl (C=O) groups excluding carboxylic acids is 1. The third-order valence-electron chi connectivity index (χ3n) is 5.35. The number of anilines is 2. The molecule has 0 aliphatic rings. The zero-order valence-electron chi connectivity index (χ0n) is 20.3. The second-order valence-corrected chi connectivity index (χ2v) is 9.89. The normalized spacial score (nSPS) is 10.6. The maximum atomic E-state index is 13.3. The first-order valence-corrected chi connectivity index (χ1v) is 13.6. The number of hydrogen-bond donors (Lipinski definition) is 4. The van der Waals surface area contributed by atoms with E-state index in [4.69, 9.17) is 33.4 Å². The summed E-state index contributed by atoms with van der Waals surface area (Å²) < 4.78 is 11.4. The van der Waals surface area contributed by atoms with E-state index in [9.17, 15) is 4.79 Å². The van der Waals surface area contributed by atoms with Gasteiger partial charge in [0.2, 0.25) is 5.11 Å². The molecule has 2 heterocycles. The lowest BCUT2D eigenvalue weighted by atomic mass is 9.95. The van der Waals surface area contributed by atoms with Crippen LogP contribution in [0.2, 0.25) is 0 Å². The maximum absolute atomic E-state index is 13.3. The fourth-order valence-electron chi connectivity index (χ4n) is 3.65. The van der Waals surface area contributed by atoms with E-state index in [1.54, 1.807) is 35.6 Å². The topological polar surface area (TPSA) is 115 Å². The molecule has 11 heteroatoms. The highest BCUT2D eigenvalue weighted by molar-refractivity contribution is 7.80. The lowest BCUT2D eigenvalue weighted by Crippen LogP contribution is -2.47. The van der Waals surface area contributed by atoms with Crippen LogP contribution in [0.5, 0.6) is 10.1 Å². The number of hydrazine groups is 2. The number of ether oxygens (including phenoxy) is 2. The minimum absolute atomic E-state index is 0.145. The summed E-state index contributed by atoms with van der Waals surface area (Å²) in [5.74, 6) is 11.1. The average molecular weight is 554 g/mol. The van der Waals surface area contributed by atoms with Crippen LogP contribution in [0.1, 0.15) is 24.2 Å². The minimum atomic E-state index is -0.256. The molecule has 0 spiro atoms. The lowest BCUT2D eigenvalue weighted by molar-refractivity contribution is 0.102. The number of nitrogens with one attached hydrogen (secondary N) is 2. The van der Waals surface area contributed by atoms with Crippen molar-refractivity contribution in [3.05, 3.63) is 70.9 Å². The van der Waals surface area contributed by atoms with Crippen molar-refractivity contribution in [2.75, 3.05) is 23.5 Å². The lowest BCUT2D eigenvalue weighted by Gasteiger charge is -2.19. The number of nitrogens with zero attached hydrogens (tertiary/aromatic N) is 1. The maximum Gasteiger partial charge on any atom is 0.255 e. The molecule has 4 rings (SSSR count). The molecule has 0 fully saturated rings. The Bertz CT molecular complexity index is 1400. The summed E-state index contributed by atoms with van der Waals surface area (Å²) >= 11 is 8.15. The number of amides is 1. The number of carbonyl (C=O) groups is 1. The second kappa shape index (κ2) is 12.2. The fourth-order valence-corrected chi connectivity index (χ4v) is 5.39. The van der Waals surface area contributed by atoms with Crippen LogP contribution in [0.4, 0.5) is 11.4 Å². The van der Waals surface area contributed by atoms with Crippen molar-refractivity contribution < 1.29 is 14.3 Å². The summed E-state index contributed by atoms with van der Waals surface area (Å²) in [5, 5.41) is 10.1. The molecule has 0 bridgehead atoms. The van der Waals surface area contributed by atoms with Gasteiger partial charge in [0.05, 0.1) is 18.9 Å². The molecule has 0 atom stereocenters. The third-order valence-corrected chi connectivity index (χ3v) is 7.35. The van der Waals surface area contributed by atoms with Gasteiger partial charge in [0.1, 0.15) is 0 Å². The van der Waals surface area contributed by atoms with E-state index in [2.05, 4.69) is 16.1 Å². The molecule has 0 radical (unpaired) electrons. The van der Waals surface area contributed by atoms with Crippen LogP contribution in [-0.2, 0) is 0 Å². The number of hydrogen-bond acceptors (Lipinski definition) is 8. The van der Waals surface area contributed by atoms with Crippen molar-refractivity contribution >= 4 is 57.3 Å². The predicted molar refractivity (Wildman–Crippen MR) is 156 cm³/mol. The van der Waals surface area contributed by atoms with Crippen molar-refractivity contribution in [2.45, 2.75) is 13.8 Å². The Morgan fingerprint density at radius 1 is 0.946 bits per heavy atom. The highest BCUT2D eigenvalue weighted by Crippen LogP contribution is 2.40. The van der Waals surface area contributed by atoms with Crippen molar-refractivity contribution in [2.24, 2.45) is 11.7 Å². The number of nitrogens with two attached hydrogens (primary N) is 2. The van der Waals surface area contributed by atoms with E-state index in [1.807, 2.05) is 49.6 Å². The second-order valence-electron chi connectivity index (χ2n) is 7.76. The Hall–Kier alpha value is -3.48. The fraction of sp³-hybridized carbons (Fsp3) is 0.154. The molecule has 192 valence electrons. The van der Waals surface area contributed by atoms with Gasteiger partial charge in [0, 0.05) is 22.0 Å². The first kappa shape index (κ1) is 26.6. The van der Waals surface area contributed by atoms with Gasteiger partial charge < -0.3 is 14.8 Å². The SMILES string of the molecule is CCOc1cc(-c2ccc(C(=O)Nc3cccc(N(N)C(=S)NN)c3)cc2-c2csc(OCC)c2)cs1.